The number of aromatic amines is 1. The monoisotopic (exact) mass is 435 g/mol. The smallest absolute Gasteiger partial charge is 0.273 e. The Morgan fingerprint density at radius 2 is 1.91 bits per heavy atom. The molecule has 2 aromatic rings. The van der Waals surface area contributed by atoms with E-state index < -0.39 is 0 Å². The Morgan fingerprint density at radius 1 is 1.06 bits per heavy atom. The molecule has 170 valence electrons. The number of nitrogens with one attached hydrogen (secondary N) is 1. The van der Waals surface area contributed by atoms with Crippen LogP contribution in [0.1, 0.15) is 85.0 Å². The van der Waals surface area contributed by atoms with E-state index in [0.29, 0.717) is 24.6 Å². The van der Waals surface area contributed by atoms with Crippen LogP contribution in [0.15, 0.2) is 29.2 Å². The van der Waals surface area contributed by atoms with E-state index >= 15 is 0 Å². The van der Waals surface area contributed by atoms with Crippen LogP contribution < -0.4 is 5.56 Å². The average Bonchev–Trinajstić information content (AvgIpc) is 2.85. The van der Waals surface area contributed by atoms with Gasteiger partial charge in [0.1, 0.15) is 11.5 Å². The number of rotatable bonds is 4. The summed E-state index contributed by atoms with van der Waals surface area (Å²) in [5.41, 5.74) is 2.14. The van der Waals surface area contributed by atoms with Gasteiger partial charge in [-0.3, -0.25) is 19.5 Å². The van der Waals surface area contributed by atoms with Crippen LogP contribution in [0.3, 0.4) is 0 Å². The van der Waals surface area contributed by atoms with Gasteiger partial charge in [-0.15, -0.1) is 0 Å². The fraction of sp³-hybridized carbons (Fsp3) is 0.600. The highest BCUT2D eigenvalue weighted by Crippen LogP contribution is 2.31. The molecule has 0 bridgehead atoms. The molecule has 1 unspecified atom stereocenters. The van der Waals surface area contributed by atoms with Crippen LogP contribution in [0.5, 0.6) is 0 Å². The highest BCUT2D eigenvalue weighted by atomic mass is 16.2. The summed E-state index contributed by atoms with van der Waals surface area (Å²) in [5, 5.41) is 0. The fourth-order valence-electron chi connectivity index (χ4n) is 5.64. The summed E-state index contributed by atoms with van der Waals surface area (Å²) in [6.45, 7) is 3.40. The predicted molar refractivity (Wildman–Crippen MR) is 122 cm³/mol. The molecular weight excluding hydrogens is 402 g/mol. The third kappa shape index (κ3) is 4.49. The SMILES string of the molecule is O=C(c1ccccn1)N1CCCCC1c1nc2c(c(=O)[nH]1)CN(CC1CCCCC1)CC2. The van der Waals surface area contributed by atoms with Gasteiger partial charge in [-0.1, -0.05) is 25.3 Å². The van der Waals surface area contributed by atoms with E-state index in [1.54, 1.807) is 12.3 Å². The van der Waals surface area contributed by atoms with Crippen molar-refractivity contribution < 1.29 is 4.79 Å². The van der Waals surface area contributed by atoms with E-state index in [1.807, 2.05) is 17.0 Å². The normalized spacial score (nSPS) is 22.5. The second-order valence-electron chi connectivity index (χ2n) is 9.59. The Labute approximate surface area is 189 Å². The first-order chi connectivity index (χ1) is 15.7. The number of amides is 1. The minimum absolute atomic E-state index is 0.0332. The largest absolute Gasteiger partial charge is 0.327 e. The van der Waals surface area contributed by atoms with Gasteiger partial charge in [0.2, 0.25) is 0 Å². The lowest BCUT2D eigenvalue weighted by molar-refractivity contribution is 0.0592. The summed E-state index contributed by atoms with van der Waals surface area (Å²) in [4.78, 5) is 42.7. The molecule has 1 aliphatic carbocycles. The molecule has 1 saturated heterocycles. The Bertz CT molecular complexity index is 999. The standard InChI is InChI=1S/C25H33N5O2/c31-24-19-17-29(16-18-8-2-1-3-9-18)15-12-20(19)27-23(28-24)22-11-5-7-14-30(22)25(32)21-10-4-6-13-26-21/h4,6,10,13,18,22H,1-3,5,7-9,11-12,14-17H2,(H,27,28,31). The number of pyridine rings is 1. The number of H-pyrrole nitrogens is 1. The summed E-state index contributed by atoms with van der Waals surface area (Å²) in [5.74, 6) is 1.32. The Kier molecular flexibility index (Phi) is 6.35. The van der Waals surface area contributed by atoms with Gasteiger partial charge in [-0.2, -0.15) is 0 Å². The number of likely N-dealkylation sites (tertiary alicyclic amines) is 1. The Hall–Kier alpha value is -2.54. The Balaban J connectivity index is 1.35. The van der Waals surface area contributed by atoms with Crippen molar-refractivity contribution in [3.8, 4) is 0 Å². The van der Waals surface area contributed by atoms with Crippen molar-refractivity contribution in [2.24, 2.45) is 5.92 Å². The van der Waals surface area contributed by atoms with E-state index in [0.717, 1.165) is 55.9 Å². The second kappa shape index (κ2) is 9.53. The van der Waals surface area contributed by atoms with Gasteiger partial charge >= 0.3 is 0 Å². The van der Waals surface area contributed by atoms with Crippen molar-refractivity contribution in [2.45, 2.75) is 70.4 Å². The first-order valence-electron chi connectivity index (χ1n) is 12.3. The third-order valence-electron chi connectivity index (χ3n) is 7.37. The molecule has 1 amide bonds. The summed E-state index contributed by atoms with van der Waals surface area (Å²) < 4.78 is 0. The van der Waals surface area contributed by atoms with Crippen LogP contribution in [0.2, 0.25) is 0 Å². The third-order valence-corrected chi connectivity index (χ3v) is 7.37. The molecule has 1 N–H and O–H groups in total. The Morgan fingerprint density at radius 3 is 2.72 bits per heavy atom. The van der Waals surface area contributed by atoms with Gasteiger partial charge < -0.3 is 9.88 Å². The van der Waals surface area contributed by atoms with Gasteiger partial charge in [0.25, 0.3) is 11.5 Å². The van der Waals surface area contributed by atoms with Crippen molar-refractivity contribution in [3.63, 3.8) is 0 Å². The molecule has 5 rings (SSSR count). The van der Waals surface area contributed by atoms with E-state index in [2.05, 4.69) is 14.9 Å². The zero-order valence-corrected chi connectivity index (χ0v) is 18.8. The van der Waals surface area contributed by atoms with Crippen LogP contribution in [-0.2, 0) is 13.0 Å². The molecule has 0 aromatic carbocycles. The lowest BCUT2D eigenvalue weighted by Gasteiger charge is -2.36. The summed E-state index contributed by atoms with van der Waals surface area (Å²) >= 11 is 0. The second-order valence-corrected chi connectivity index (χ2v) is 9.59. The van der Waals surface area contributed by atoms with Gasteiger partial charge in [0, 0.05) is 38.8 Å². The first kappa shape index (κ1) is 21.3. The predicted octanol–water partition coefficient (Wildman–Crippen LogP) is 3.47. The maximum atomic E-state index is 13.1. The first-order valence-corrected chi connectivity index (χ1v) is 12.3. The average molecular weight is 436 g/mol. The van der Waals surface area contributed by atoms with Gasteiger partial charge in [-0.05, 0) is 50.2 Å². The quantitative estimate of drug-likeness (QED) is 0.795. The van der Waals surface area contributed by atoms with E-state index in [1.165, 1.54) is 32.1 Å². The van der Waals surface area contributed by atoms with Crippen LogP contribution in [0, 0.1) is 5.92 Å². The highest BCUT2D eigenvalue weighted by Gasteiger charge is 2.32. The van der Waals surface area contributed by atoms with Crippen molar-refractivity contribution in [1.82, 2.24) is 24.8 Å². The minimum atomic E-state index is -0.198. The molecule has 2 fully saturated rings. The zero-order chi connectivity index (χ0) is 21.9. The number of aromatic nitrogens is 3. The molecule has 7 nitrogen and oxygen atoms in total. The zero-order valence-electron chi connectivity index (χ0n) is 18.8. The summed E-state index contributed by atoms with van der Waals surface area (Å²) in [6, 6.07) is 5.19. The van der Waals surface area contributed by atoms with Crippen molar-refractivity contribution in [3.05, 3.63) is 57.5 Å². The highest BCUT2D eigenvalue weighted by molar-refractivity contribution is 5.92. The number of carbonyl (C=O) groups is 1. The molecule has 0 radical (unpaired) electrons. The maximum absolute atomic E-state index is 13.1. The fourth-order valence-corrected chi connectivity index (χ4v) is 5.64. The van der Waals surface area contributed by atoms with E-state index in [9.17, 15) is 9.59 Å². The van der Waals surface area contributed by atoms with Crippen molar-refractivity contribution in [1.29, 1.82) is 0 Å². The molecule has 3 aliphatic rings. The molecule has 32 heavy (non-hydrogen) atoms. The molecule has 2 aromatic heterocycles. The van der Waals surface area contributed by atoms with E-state index in [-0.39, 0.29) is 17.5 Å². The van der Waals surface area contributed by atoms with E-state index in [4.69, 9.17) is 4.98 Å². The number of nitrogens with zero attached hydrogens (tertiary/aromatic N) is 4. The van der Waals surface area contributed by atoms with Crippen molar-refractivity contribution in [2.75, 3.05) is 19.6 Å². The van der Waals surface area contributed by atoms with Crippen LogP contribution in [0.4, 0.5) is 0 Å². The molecule has 0 spiro atoms. The topological polar surface area (TPSA) is 82.2 Å². The summed E-state index contributed by atoms with van der Waals surface area (Å²) in [6.07, 6.45) is 11.9. The van der Waals surface area contributed by atoms with Crippen LogP contribution in [-0.4, -0.2) is 50.3 Å². The number of hydrogen-bond acceptors (Lipinski definition) is 5. The molecule has 7 heteroatoms. The lowest BCUT2D eigenvalue weighted by atomic mass is 9.88. The number of carbonyl (C=O) groups excluding carboxylic acids is 1. The molecule has 4 heterocycles. The number of piperidine rings is 1. The number of fused-ring (bicyclic) bond motifs is 1. The van der Waals surface area contributed by atoms with Crippen LogP contribution >= 0.6 is 0 Å². The van der Waals surface area contributed by atoms with Crippen molar-refractivity contribution >= 4 is 5.91 Å². The number of hydrogen-bond donors (Lipinski definition) is 1. The molecule has 1 atom stereocenters. The van der Waals surface area contributed by atoms with Gasteiger partial charge in [0.05, 0.1) is 17.3 Å². The molecular formula is C25H33N5O2. The lowest BCUT2D eigenvalue weighted by Crippen LogP contribution is -2.42. The van der Waals surface area contributed by atoms with Gasteiger partial charge in [0.15, 0.2) is 0 Å². The summed E-state index contributed by atoms with van der Waals surface area (Å²) in [7, 11) is 0. The van der Waals surface area contributed by atoms with Crippen LogP contribution in [0.25, 0.3) is 0 Å². The molecule has 1 saturated carbocycles. The minimum Gasteiger partial charge on any atom is -0.327 e. The van der Waals surface area contributed by atoms with Gasteiger partial charge in [-0.25, -0.2) is 4.98 Å². The molecule has 2 aliphatic heterocycles. The maximum Gasteiger partial charge on any atom is 0.273 e.